The number of carbonyl (C=O) groups is 2. The fourth-order valence-electron chi connectivity index (χ4n) is 21.3. The number of likely N-dealkylation sites (N-methyl/N-ethyl adjacent to an activating group) is 2. The van der Waals surface area contributed by atoms with Crippen LogP contribution in [0.4, 0.5) is 0 Å². The largest absolute Gasteiger partial charge is 0.726 e. The van der Waals surface area contributed by atoms with E-state index in [1.165, 1.54) is 23.6 Å². The lowest BCUT2D eigenvalue weighted by Crippen LogP contribution is -2.99. The normalized spacial score (nSPS) is 12.2. The molecule has 0 saturated carbocycles. The van der Waals surface area contributed by atoms with Crippen molar-refractivity contribution in [1.29, 1.82) is 0 Å². The molecular weight excluding hydrogens is 1710 g/mol. The zero-order chi connectivity index (χ0) is 108. The van der Waals surface area contributed by atoms with E-state index in [4.69, 9.17) is 332 Å². The molecule has 4 aromatic rings. The molecule has 4 heterocycles. The average molecular weight is 1780 g/mol. The standard InChI is InChI=1S/C24H29NO5.C13H16NO3.C11H14O2.C2H6O4S.CH4.B75/c1-4-25-12-11-17-13-21-23(30-15-29-21)24(28-3)22(17)20(25)14-18(26)8-5-16-6-9-19(27-2)10-7-16;1-3-14-5-4-9-6-11-13(17-8-16-11)12(15-2)10(9)7-14;1-9(12)3-4-10-5-7-11(13-2)8-6-10;1-2-6-7(3,4)5;;1-39-58(38)68(59(40(2)3)41(4)5)73(69(60(42(6)7)43(8)9)61(44(10)11)45(12)13)75(72(66(54(30)31)55(32)33)67(56(34)35)57(36)37)74(70(62(46(14)15)47(16)17)63(48(18)19)49(20)21)71(64(50(22)23)51(24)25)65(52(26)27)53(28)29/h6-7,9-10,13,20H,4-5,8,11-12,14-15H2,1-3H3;6-7H,3-5,8H2,1-2H3;5-8H,3-4H2,1-2H3;2H2,1H3,(H,3,4,5);1H4;/q;+1;;;;/p-1. The second-order valence-corrected chi connectivity index (χ2v) is 37.8. The number of rotatable bonds is 52. The van der Waals surface area contributed by atoms with Gasteiger partial charge in [0.15, 0.2) is 29.2 Å². The van der Waals surface area contributed by atoms with Crippen LogP contribution in [0.3, 0.4) is 0 Å². The molecule has 1 unspecified atom stereocenters. The third kappa shape index (κ3) is 38.8. The number of benzene rings is 4. The first-order chi connectivity index (χ1) is 66.4. The van der Waals surface area contributed by atoms with E-state index in [2.05, 4.69) is 45.9 Å². The number of Topliss-reactive ketones (excluding diaryl/α,β-unsaturated/α-hetero) is 2. The summed E-state index contributed by atoms with van der Waals surface area (Å²) in [6, 6.07) is 19.8. The van der Waals surface area contributed by atoms with E-state index < -0.39 is 240 Å². The first-order valence-electron chi connectivity index (χ1n) is 47.1. The van der Waals surface area contributed by atoms with Gasteiger partial charge in [-0.15, -0.1) is 0 Å². The van der Waals surface area contributed by atoms with Gasteiger partial charge in [-0.2, -0.15) is 0 Å². The molecule has 92 heteroatoms. The number of fused-ring (bicyclic) bond motifs is 4. The Hall–Kier alpha value is -1.01. The van der Waals surface area contributed by atoms with Crippen LogP contribution in [0.2, 0.25) is 0 Å². The van der Waals surface area contributed by atoms with Crippen LogP contribution in [0.25, 0.3) is 0 Å². The molecule has 16 nitrogen and oxygen atoms in total. The van der Waals surface area contributed by atoms with Crippen molar-refractivity contribution in [2.24, 2.45) is 0 Å². The molecule has 8 rings (SSSR count). The van der Waals surface area contributed by atoms with Crippen molar-refractivity contribution in [3.63, 3.8) is 0 Å². The minimum atomic E-state index is -4.42. The highest BCUT2D eigenvalue weighted by atomic mass is 32.3. The van der Waals surface area contributed by atoms with Crippen LogP contribution >= 0.6 is 0 Å². The maximum absolute atomic E-state index is 13.0. The predicted molar refractivity (Wildman–Crippen MR) is 689 cm³/mol. The Morgan fingerprint density at radius 1 is 0.420 bits per heavy atom. The van der Waals surface area contributed by atoms with Crippen LogP contribution in [0.1, 0.15) is 93.8 Å². The van der Waals surface area contributed by atoms with Crippen LogP contribution in [0.5, 0.6) is 46.0 Å². The Bertz CT molecular complexity index is 4340. The molecule has 0 N–H and O–H groups in total. The van der Waals surface area contributed by atoms with E-state index in [0.29, 0.717) is 30.8 Å². The van der Waals surface area contributed by atoms with E-state index >= 15 is 0 Å². The second-order valence-electron chi connectivity index (χ2n) is 36.8. The number of ether oxygens (including phenoxy) is 8. The number of carbonyl (C=O) groups excluding carboxylic acids is 2. The fourth-order valence-corrected chi connectivity index (χ4v) is 21.6. The minimum absolute atomic E-state index is 0. The van der Waals surface area contributed by atoms with Gasteiger partial charge in [0.2, 0.25) is 35.5 Å². The Balaban J connectivity index is 0.000000607. The van der Waals surface area contributed by atoms with Crippen molar-refractivity contribution in [3.05, 3.63) is 94.0 Å². The number of nitrogens with zero attached hydrogens (tertiary/aromatic N) is 2. The van der Waals surface area contributed by atoms with Gasteiger partial charge in [-0.05, 0) is 105 Å². The van der Waals surface area contributed by atoms with Gasteiger partial charge in [0.1, 0.15) is 36.2 Å². The summed E-state index contributed by atoms with van der Waals surface area (Å²) in [6.45, 7) is 11.6. The zero-order valence-corrected chi connectivity index (χ0v) is 84.0. The van der Waals surface area contributed by atoms with Crippen molar-refractivity contribution >= 4 is 559 Å². The molecule has 0 amide bonds. The Morgan fingerprint density at radius 3 is 0.993 bits per heavy atom. The highest BCUT2D eigenvalue weighted by Crippen LogP contribution is 2.51. The Labute approximate surface area is 926 Å². The molecule has 1 atom stereocenters. The molecule has 0 bridgehead atoms. The van der Waals surface area contributed by atoms with E-state index in [0.717, 1.165) is 110 Å². The van der Waals surface area contributed by atoms with Gasteiger partial charge in [0.05, 0.1) is 40.6 Å². The Kier molecular flexibility index (Phi) is 62.6. The van der Waals surface area contributed by atoms with Gasteiger partial charge < -0.3 is 47.2 Å². The summed E-state index contributed by atoms with van der Waals surface area (Å²) in [5.41, 5.74) is 6.99. The van der Waals surface area contributed by atoms with Crippen LogP contribution in [-0.2, 0) is 49.9 Å². The summed E-state index contributed by atoms with van der Waals surface area (Å²) >= 11 is 0. The third-order valence-corrected chi connectivity index (χ3v) is 27.9. The van der Waals surface area contributed by atoms with Crippen molar-refractivity contribution in [1.82, 2.24) is 4.90 Å². The molecule has 77 radical (unpaired) electrons. The van der Waals surface area contributed by atoms with E-state index in [1.54, 1.807) is 35.4 Å². The molecular formula is C51H68B75N2O14S. The fraction of sp³-hybridized carbons (Fsp3) is 0.471. The number of ketones is 2. The quantitative estimate of drug-likeness (QED) is 0.0176. The van der Waals surface area contributed by atoms with Gasteiger partial charge in [-0.25, -0.2) is 13.0 Å². The smallest absolute Gasteiger partial charge is 0.231 e. The zero-order valence-electron chi connectivity index (χ0n) is 83.1. The van der Waals surface area contributed by atoms with Gasteiger partial charge in [-0.3, -0.25) is 13.9 Å². The lowest BCUT2D eigenvalue weighted by molar-refractivity contribution is -0.520. The van der Waals surface area contributed by atoms with Crippen LogP contribution in [-0.4, -0.2) is 646 Å². The maximum atomic E-state index is 13.0. The van der Waals surface area contributed by atoms with E-state index in [1.807, 2.05) is 48.5 Å². The highest BCUT2D eigenvalue weighted by molar-refractivity contribution is 8.40. The predicted octanol–water partition coefficient (Wildman–Crippen LogP) is -20.8. The third-order valence-electron chi connectivity index (χ3n) is 27.4. The second kappa shape index (κ2) is 65.8. The molecule has 0 aromatic heterocycles. The molecule has 143 heavy (non-hydrogen) atoms. The molecule has 4 aliphatic heterocycles. The molecule has 0 spiro atoms. The number of hydrogen-bond donors (Lipinski definition) is 0. The number of methoxy groups -OCH3 is 4. The van der Waals surface area contributed by atoms with Crippen molar-refractivity contribution < 1.29 is 69.2 Å². The maximum Gasteiger partial charge on any atom is 0.231 e. The summed E-state index contributed by atoms with van der Waals surface area (Å²) in [4.78, 5) is 26.0. The summed E-state index contributed by atoms with van der Waals surface area (Å²) in [7, 11) is 262. The summed E-state index contributed by atoms with van der Waals surface area (Å²) < 4.78 is 77.9. The topological polar surface area (TPSA) is 181 Å². The van der Waals surface area contributed by atoms with Gasteiger partial charge in [0.25, 0.3) is 0 Å². The summed E-state index contributed by atoms with van der Waals surface area (Å²) in [5, 5.41) is 0. The van der Waals surface area contributed by atoms with Crippen LogP contribution in [0.15, 0.2) is 60.7 Å². The van der Waals surface area contributed by atoms with Crippen molar-refractivity contribution in [2.45, 2.75) is 86.1 Å². The van der Waals surface area contributed by atoms with E-state index in [9.17, 15) is 22.6 Å². The summed E-state index contributed by atoms with van der Waals surface area (Å²) in [6.07, 6.45) is -50.4. The molecule has 4 aromatic carbocycles. The monoisotopic (exact) mass is 1790 g/mol. The average Bonchev–Trinajstić information content (AvgIpc) is 1.41. The number of hydrogen-bond acceptors (Lipinski definition) is 15. The molecule has 4 aliphatic rings. The lowest BCUT2D eigenvalue weighted by Gasteiger charge is -2.61. The molecule has 597 valence electrons. The minimum Gasteiger partial charge on any atom is -0.726 e. The molecule has 0 saturated heterocycles. The first-order valence-corrected chi connectivity index (χ1v) is 48.4. The van der Waals surface area contributed by atoms with Crippen LogP contribution in [0, 0.1) is 0 Å². The SMILES string of the molecule is C.CCN1CCc2cc3c(c(OC)c2C1CC(=O)CCc1ccc(OC)cc1)OCO3.CCOS(=O)(=O)[O-].CC[N+]1=Cc2c(cc3c(c2OC)OCO3)CC1.COc1ccc(CCC(C)=O)cc1.[B][B]B([B])B(B(B([B])[B])B([B])[B])B(B(B(B([B])[B])B([B])[B])B(B([B])[B])B([B])[B])B(B(B(B([B])[B])B([B])[B])B(B([B])[B])B([B])[B])B(B(B(B([B])[B])B([B])[B])B(B([B])[B])B([B])[B])B(B(B([B])[B])B([B])[B])B(B([B])[B])B([B])[B]. The van der Waals surface area contributed by atoms with Gasteiger partial charge >= 0.3 is 0 Å². The van der Waals surface area contributed by atoms with Crippen molar-refractivity contribution in [3.8, 4) is 46.0 Å². The van der Waals surface area contributed by atoms with Gasteiger partial charge in [-0.1, -0.05) is 38.6 Å². The van der Waals surface area contributed by atoms with E-state index in [-0.39, 0.29) is 45.2 Å². The summed E-state index contributed by atoms with van der Waals surface area (Å²) in [5.74, 6) is 6.61. The van der Waals surface area contributed by atoms with Crippen LogP contribution < -0.4 is 37.9 Å². The first kappa shape index (κ1) is 136. The molecule has 0 aliphatic carbocycles. The van der Waals surface area contributed by atoms with Gasteiger partial charge in [0, 0.05) is 575 Å². The number of aryl methyl sites for hydroxylation is 2. The lowest BCUT2D eigenvalue weighted by atomic mass is 8.21. The Morgan fingerprint density at radius 2 is 0.720 bits per heavy atom. The van der Waals surface area contributed by atoms with Crippen molar-refractivity contribution in [2.75, 3.05) is 74.8 Å². The molecule has 0 fully saturated rings. The highest BCUT2D eigenvalue weighted by Gasteiger charge is 2.66.